The minimum Gasteiger partial charge on any atom is -0.378 e. The second-order valence-electron chi connectivity index (χ2n) is 9.07. The maximum atomic E-state index is 14.8. The van der Waals surface area contributed by atoms with Crippen LogP contribution in [0.2, 0.25) is 0 Å². The summed E-state index contributed by atoms with van der Waals surface area (Å²) in [5.41, 5.74) is 5.36. The molecule has 10 heteroatoms. The molecule has 6 nitrogen and oxygen atoms in total. The van der Waals surface area contributed by atoms with Gasteiger partial charge in [-0.25, -0.2) is 9.37 Å². The van der Waals surface area contributed by atoms with Gasteiger partial charge in [-0.3, -0.25) is 0 Å². The number of rotatable bonds is 5. The normalized spacial score (nSPS) is 16.2. The van der Waals surface area contributed by atoms with Crippen LogP contribution in [0.4, 0.5) is 28.9 Å². The van der Waals surface area contributed by atoms with Crippen LogP contribution in [0.3, 0.4) is 0 Å². The number of ether oxygens (including phenoxy) is 1. The van der Waals surface area contributed by atoms with Crippen LogP contribution in [0.1, 0.15) is 25.3 Å². The molecule has 5 rings (SSSR count). The van der Waals surface area contributed by atoms with Crippen LogP contribution in [-0.4, -0.2) is 59.9 Å². The Morgan fingerprint density at radius 3 is 2.42 bits per heavy atom. The minimum absolute atomic E-state index is 0.188. The number of imidazole rings is 1. The summed E-state index contributed by atoms with van der Waals surface area (Å²) < 4.78 is 53.4. The van der Waals surface area contributed by atoms with Gasteiger partial charge in [-0.15, -0.1) is 0 Å². The average Bonchev–Trinajstić information content (AvgIpc) is 3.52. The van der Waals surface area contributed by atoms with E-state index < -0.39 is 6.18 Å². The van der Waals surface area contributed by atoms with Crippen molar-refractivity contribution in [1.29, 1.82) is 0 Å². The van der Waals surface area contributed by atoms with Crippen LogP contribution < -0.4 is 10.2 Å². The lowest BCUT2D eigenvalue weighted by atomic mass is 10.00. The van der Waals surface area contributed by atoms with Gasteiger partial charge < -0.3 is 24.3 Å². The van der Waals surface area contributed by atoms with Crippen molar-refractivity contribution < 1.29 is 22.3 Å². The smallest absolute Gasteiger partial charge is 0.378 e. The molecule has 2 aromatic heterocycles. The summed E-state index contributed by atoms with van der Waals surface area (Å²) in [6.45, 7) is 11.3. The summed E-state index contributed by atoms with van der Waals surface area (Å²) in [6, 6.07) is 5.65. The number of nitrogens with one attached hydrogen (secondary N) is 1. The van der Waals surface area contributed by atoms with E-state index in [9.17, 15) is 17.6 Å². The van der Waals surface area contributed by atoms with Gasteiger partial charge in [0.1, 0.15) is 5.82 Å². The van der Waals surface area contributed by atoms with Crippen molar-refractivity contribution in [2.45, 2.75) is 32.9 Å². The number of anilines is 2. The number of likely N-dealkylation sites (tertiary alicyclic amines) is 1. The highest BCUT2D eigenvalue weighted by Gasteiger charge is 2.19. The quantitative estimate of drug-likeness (QED) is 0.442. The summed E-state index contributed by atoms with van der Waals surface area (Å²) in [5.74, 6) is 0.490. The standard InChI is InChI=1S/C24H28FN5O.C2H3F3/c1-17-13-21(25)22(27-18(2)28-6-3-4-7-28)15-20(17)19-14-23(29-9-11-31-12-10-29)24-26-5-8-30(24)16-19;1-2(3,4)5/h5,8,13-16,27H,2-4,6-7,9-12H2,1H3;1H3. The fourth-order valence-electron chi connectivity index (χ4n) is 4.50. The zero-order valence-electron chi connectivity index (χ0n) is 20.5. The van der Waals surface area contributed by atoms with E-state index in [1.807, 2.05) is 29.8 Å². The number of pyridine rings is 1. The van der Waals surface area contributed by atoms with Crippen molar-refractivity contribution in [2.24, 2.45) is 0 Å². The summed E-state index contributed by atoms with van der Waals surface area (Å²) in [6.07, 6.45) is 4.13. The Morgan fingerprint density at radius 1 is 1.08 bits per heavy atom. The molecule has 1 N–H and O–H groups in total. The Hall–Kier alpha value is -3.27. The van der Waals surface area contributed by atoms with E-state index in [0.29, 0.717) is 18.9 Å². The Kier molecular flexibility index (Phi) is 7.73. The lowest BCUT2D eigenvalue weighted by Gasteiger charge is -2.29. The van der Waals surface area contributed by atoms with Gasteiger partial charge in [-0.2, -0.15) is 13.2 Å². The molecular formula is C26H31F4N5O. The van der Waals surface area contributed by atoms with E-state index in [1.165, 1.54) is 0 Å². The van der Waals surface area contributed by atoms with Crippen LogP contribution in [0.25, 0.3) is 16.8 Å². The van der Waals surface area contributed by atoms with Crippen molar-refractivity contribution in [3.8, 4) is 11.1 Å². The topological polar surface area (TPSA) is 45.0 Å². The van der Waals surface area contributed by atoms with E-state index in [1.54, 1.807) is 6.07 Å². The van der Waals surface area contributed by atoms with Crippen molar-refractivity contribution in [3.63, 3.8) is 0 Å². The highest BCUT2D eigenvalue weighted by molar-refractivity contribution is 5.80. The van der Waals surface area contributed by atoms with Crippen LogP contribution >= 0.6 is 0 Å². The van der Waals surface area contributed by atoms with Gasteiger partial charge in [-0.05, 0) is 49.1 Å². The second kappa shape index (κ2) is 10.8. The van der Waals surface area contributed by atoms with E-state index in [0.717, 1.165) is 72.9 Å². The molecule has 1 aromatic carbocycles. The van der Waals surface area contributed by atoms with Gasteiger partial charge in [0.15, 0.2) is 5.65 Å². The molecule has 2 aliphatic heterocycles. The third kappa shape index (κ3) is 6.29. The van der Waals surface area contributed by atoms with Gasteiger partial charge >= 0.3 is 6.18 Å². The fourth-order valence-corrected chi connectivity index (χ4v) is 4.50. The summed E-state index contributed by atoms with van der Waals surface area (Å²) in [5, 5.41) is 3.21. The summed E-state index contributed by atoms with van der Waals surface area (Å²) in [4.78, 5) is 9.04. The molecule has 0 unspecified atom stereocenters. The maximum Gasteiger partial charge on any atom is 0.386 e. The van der Waals surface area contributed by atoms with Crippen molar-refractivity contribution in [1.82, 2.24) is 14.3 Å². The number of alkyl halides is 3. The number of hydrogen-bond acceptors (Lipinski definition) is 5. The lowest BCUT2D eigenvalue weighted by molar-refractivity contribution is -0.110. The molecule has 0 saturated carbocycles. The first-order valence-electron chi connectivity index (χ1n) is 12.0. The fraction of sp³-hybridized carbons (Fsp3) is 0.423. The number of morpholine rings is 1. The molecule has 2 fully saturated rings. The third-order valence-corrected chi connectivity index (χ3v) is 6.21. The van der Waals surface area contributed by atoms with Crippen LogP contribution in [-0.2, 0) is 4.74 Å². The summed E-state index contributed by atoms with van der Waals surface area (Å²) >= 11 is 0. The molecule has 0 radical (unpaired) electrons. The van der Waals surface area contributed by atoms with E-state index in [2.05, 4.69) is 38.9 Å². The molecule has 0 bridgehead atoms. The number of aromatic nitrogens is 2. The van der Waals surface area contributed by atoms with E-state index >= 15 is 0 Å². The van der Waals surface area contributed by atoms with Gasteiger partial charge in [0.05, 0.1) is 30.4 Å². The van der Waals surface area contributed by atoms with Gasteiger partial charge in [0.25, 0.3) is 0 Å². The van der Waals surface area contributed by atoms with Gasteiger partial charge in [0, 0.05) is 57.3 Å². The van der Waals surface area contributed by atoms with Crippen LogP contribution in [0, 0.1) is 12.7 Å². The molecule has 36 heavy (non-hydrogen) atoms. The molecular weight excluding hydrogens is 474 g/mol. The molecule has 2 aliphatic rings. The molecule has 194 valence electrons. The number of fused-ring (bicyclic) bond motifs is 1. The predicted octanol–water partition coefficient (Wildman–Crippen LogP) is 5.83. The minimum atomic E-state index is -4.00. The lowest BCUT2D eigenvalue weighted by Crippen LogP contribution is -2.36. The Bertz CT molecular complexity index is 1210. The monoisotopic (exact) mass is 505 g/mol. The molecule has 0 atom stereocenters. The van der Waals surface area contributed by atoms with E-state index in [-0.39, 0.29) is 12.7 Å². The largest absolute Gasteiger partial charge is 0.386 e. The first-order chi connectivity index (χ1) is 17.1. The van der Waals surface area contributed by atoms with E-state index in [4.69, 9.17) is 4.74 Å². The highest BCUT2D eigenvalue weighted by atomic mass is 19.4. The molecule has 4 heterocycles. The van der Waals surface area contributed by atoms with Crippen LogP contribution in [0.15, 0.2) is 49.2 Å². The number of hydrogen-bond donors (Lipinski definition) is 1. The van der Waals surface area contributed by atoms with Gasteiger partial charge in [0.2, 0.25) is 0 Å². The zero-order chi connectivity index (χ0) is 25.9. The predicted molar refractivity (Wildman–Crippen MR) is 134 cm³/mol. The first kappa shape index (κ1) is 25.8. The number of aryl methyl sites for hydroxylation is 1. The Balaban J connectivity index is 0.000000556. The van der Waals surface area contributed by atoms with Crippen molar-refractivity contribution in [2.75, 3.05) is 49.6 Å². The highest BCUT2D eigenvalue weighted by Crippen LogP contribution is 2.34. The Labute approximate surface area is 208 Å². The number of benzene rings is 1. The van der Waals surface area contributed by atoms with Crippen LogP contribution in [0.5, 0.6) is 0 Å². The second-order valence-corrected chi connectivity index (χ2v) is 9.07. The Morgan fingerprint density at radius 2 is 1.75 bits per heavy atom. The van der Waals surface area contributed by atoms with Gasteiger partial charge in [-0.1, -0.05) is 6.58 Å². The zero-order valence-corrected chi connectivity index (χ0v) is 20.5. The van der Waals surface area contributed by atoms with Crippen molar-refractivity contribution >= 4 is 17.0 Å². The third-order valence-electron chi connectivity index (χ3n) is 6.21. The molecule has 2 saturated heterocycles. The maximum absolute atomic E-state index is 14.8. The number of halogens is 4. The van der Waals surface area contributed by atoms with Crippen molar-refractivity contribution in [3.05, 3.63) is 60.6 Å². The first-order valence-corrected chi connectivity index (χ1v) is 12.0. The molecule has 0 amide bonds. The summed E-state index contributed by atoms with van der Waals surface area (Å²) in [7, 11) is 0. The molecule has 0 aliphatic carbocycles. The molecule has 0 spiro atoms. The number of nitrogens with zero attached hydrogens (tertiary/aromatic N) is 4. The SMILES string of the molecule is C=C(Nc1cc(-c2cc(N3CCOCC3)c3nccn3c2)c(C)cc1F)N1CCCC1.CC(F)(F)F. The molecule has 3 aromatic rings. The average molecular weight is 506 g/mol.